The molecule has 2 nitrogen and oxygen atoms in total. The summed E-state index contributed by atoms with van der Waals surface area (Å²) in [6.07, 6.45) is 0. The first kappa shape index (κ1) is 11.3. The number of hydrogen-bond donors (Lipinski definition) is 0. The average molecular weight is 233 g/mol. The van der Waals surface area contributed by atoms with Crippen LogP contribution in [-0.4, -0.2) is 12.4 Å². The smallest absolute Gasteiger partial charge is 0.161 e. The van der Waals surface area contributed by atoms with Crippen LogP contribution in [0.25, 0.3) is 0 Å². The third kappa shape index (κ3) is 2.20. The number of ketones is 1. The molecule has 0 aliphatic heterocycles. The van der Waals surface area contributed by atoms with Crippen molar-refractivity contribution < 1.29 is 9.53 Å². The predicted octanol–water partition coefficient (Wildman–Crippen LogP) is 3.59. The van der Waals surface area contributed by atoms with Crippen LogP contribution in [0.4, 0.5) is 0 Å². The summed E-state index contributed by atoms with van der Waals surface area (Å²) < 4.78 is 5.24. The third-order valence-electron chi connectivity index (χ3n) is 1.72. The zero-order valence-electron chi connectivity index (χ0n) is 7.93. The predicted molar refractivity (Wildman–Crippen MR) is 57.6 cm³/mol. The highest BCUT2D eigenvalue weighted by Gasteiger charge is 2.14. The maximum atomic E-state index is 11.2. The van der Waals surface area contributed by atoms with Crippen LogP contribution in [0.2, 0.25) is 10.0 Å². The van der Waals surface area contributed by atoms with E-state index < -0.39 is 0 Å². The molecule has 76 valence electrons. The van der Waals surface area contributed by atoms with Gasteiger partial charge in [-0.25, -0.2) is 0 Å². The van der Waals surface area contributed by atoms with E-state index in [-0.39, 0.29) is 10.8 Å². The fraction of sp³-hybridized carbons (Fsp3) is 0.300. The Labute approximate surface area is 92.8 Å². The Hall–Kier alpha value is -0.730. The first-order valence-corrected chi connectivity index (χ1v) is 4.95. The minimum atomic E-state index is -0.104. The number of carbonyl (C=O) groups is 1. The van der Waals surface area contributed by atoms with E-state index in [4.69, 9.17) is 27.9 Å². The molecule has 0 fully saturated rings. The van der Waals surface area contributed by atoms with Crippen molar-refractivity contribution in [2.75, 3.05) is 6.61 Å². The van der Waals surface area contributed by atoms with Crippen molar-refractivity contribution in [3.63, 3.8) is 0 Å². The van der Waals surface area contributed by atoms with Gasteiger partial charge in [0, 0.05) is 5.56 Å². The second-order valence-electron chi connectivity index (χ2n) is 2.73. The number of Topliss-reactive ketones (excluding diaryl/α,β-unsaturated/α-hetero) is 1. The minimum absolute atomic E-state index is 0.104. The van der Waals surface area contributed by atoms with Gasteiger partial charge in [-0.3, -0.25) is 4.79 Å². The zero-order valence-corrected chi connectivity index (χ0v) is 9.45. The Morgan fingerprint density at radius 1 is 1.43 bits per heavy atom. The van der Waals surface area contributed by atoms with Crippen LogP contribution in [0.15, 0.2) is 12.1 Å². The maximum absolute atomic E-state index is 11.2. The SMILES string of the molecule is CCOc1c(Cl)ccc(C(C)=O)c1Cl. The fourth-order valence-corrected chi connectivity index (χ4v) is 1.69. The summed E-state index contributed by atoms with van der Waals surface area (Å²) in [7, 11) is 0. The molecule has 0 saturated carbocycles. The van der Waals surface area contributed by atoms with Gasteiger partial charge in [-0.15, -0.1) is 0 Å². The summed E-state index contributed by atoms with van der Waals surface area (Å²) in [6.45, 7) is 3.73. The lowest BCUT2D eigenvalue weighted by molar-refractivity contribution is 0.101. The molecular formula is C10H10Cl2O2. The van der Waals surface area contributed by atoms with Crippen LogP contribution < -0.4 is 4.74 Å². The van der Waals surface area contributed by atoms with Crippen LogP contribution in [-0.2, 0) is 0 Å². The lowest BCUT2D eigenvalue weighted by Gasteiger charge is -2.09. The van der Waals surface area contributed by atoms with Crippen LogP contribution in [0.3, 0.4) is 0 Å². The molecule has 0 spiro atoms. The van der Waals surface area contributed by atoms with Gasteiger partial charge < -0.3 is 4.74 Å². The first-order chi connectivity index (χ1) is 6.57. The Morgan fingerprint density at radius 3 is 2.57 bits per heavy atom. The largest absolute Gasteiger partial charge is 0.491 e. The Morgan fingerprint density at radius 2 is 2.07 bits per heavy atom. The van der Waals surface area contributed by atoms with Crippen molar-refractivity contribution in [1.29, 1.82) is 0 Å². The summed E-state index contributed by atoms with van der Waals surface area (Å²) >= 11 is 11.8. The van der Waals surface area contributed by atoms with E-state index >= 15 is 0 Å². The lowest BCUT2D eigenvalue weighted by Crippen LogP contribution is -1.99. The second-order valence-corrected chi connectivity index (χ2v) is 3.51. The summed E-state index contributed by atoms with van der Waals surface area (Å²) in [5, 5.41) is 0.703. The summed E-state index contributed by atoms with van der Waals surface area (Å²) in [6, 6.07) is 3.20. The molecule has 0 aliphatic rings. The monoisotopic (exact) mass is 232 g/mol. The molecule has 0 aliphatic carbocycles. The van der Waals surface area contributed by atoms with Crippen molar-refractivity contribution in [3.05, 3.63) is 27.7 Å². The number of benzene rings is 1. The van der Waals surface area contributed by atoms with Gasteiger partial charge in [-0.05, 0) is 26.0 Å². The number of rotatable bonds is 3. The van der Waals surface area contributed by atoms with Gasteiger partial charge in [0.1, 0.15) is 0 Å². The van der Waals surface area contributed by atoms with E-state index in [0.29, 0.717) is 22.9 Å². The van der Waals surface area contributed by atoms with E-state index in [1.54, 1.807) is 12.1 Å². The summed E-state index contributed by atoms with van der Waals surface area (Å²) in [5.74, 6) is 0.274. The quantitative estimate of drug-likeness (QED) is 0.745. The molecule has 0 radical (unpaired) electrons. The number of hydrogen-bond acceptors (Lipinski definition) is 2. The minimum Gasteiger partial charge on any atom is -0.491 e. The first-order valence-electron chi connectivity index (χ1n) is 4.19. The third-order valence-corrected chi connectivity index (χ3v) is 2.39. The molecule has 0 amide bonds. The van der Waals surface area contributed by atoms with Gasteiger partial charge in [-0.1, -0.05) is 23.2 Å². The van der Waals surface area contributed by atoms with Crippen molar-refractivity contribution in [3.8, 4) is 5.75 Å². The summed E-state index contributed by atoms with van der Waals surface area (Å²) in [5.41, 5.74) is 0.430. The highest BCUT2D eigenvalue weighted by molar-refractivity contribution is 6.39. The number of halogens is 2. The van der Waals surface area contributed by atoms with E-state index in [1.165, 1.54) is 6.92 Å². The Kier molecular flexibility index (Phi) is 3.78. The molecule has 1 aromatic carbocycles. The van der Waals surface area contributed by atoms with E-state index in [2.05, 4.69) is 0 Å². The topological polar surface area (TPSA) is 26.3 Å². The molecule has 0 aromatic heterocycles. The van der Waals surface area contributed by atoms with Crippen LogP contribution in [0.5, 0.6) is 5.75 Å². The molecule has 1 aromatic rings. The molecule has 0 heterocycles. The molecule has 0 saturated heterocycles. The van der Waals surface area contributed by atoms with Crippen LogP contribution in [0, 0.1) is 0 Å². The van der Waals surface area contributed by atoms with Crippen LogP contribution >= 0.6 is 23.2 Å². The lowest BCUT2D eigenvalue weighted by atomic mass is 10.1. The van der Waals surface area contributed by atoms with Gasteiger partial charge in [0.2, 0.25) is 0 Å². The second kappa shape index (κ2) is 4.67. The molecule has 0 unspecified atom stereocenters. The molecule has 0 bridgehead atoms. The van der Waals surface area contributed by atoms with Crippen molar-refractivity contribution >= 4 is 29.0 Å². The fourth-order valence-electron chi connectivity index (χ4n) is 1.08. The standard InChI is InChI=1S/C10H10Cl2O2/c1-3-14-10-8(11)5-4-7(6(2)13)9(10)12/h4-5H,3H2,1-2H3. The Bertz CT molecular complexity index is 361. The summed E-state index contributed by atoms with van der Waals surface area (Å²) in [4.78, 5) is 11.2. The van der Waals surface area contributed by atoms with E-state index in [0.717, 1.165) is 0 Å². The zero-order chi connectivity index (χ0) is 10.7. The van der Waals surface area contributed by atoms with E-state index in [9.17, 15) is 4.79 Å². The maximum Gasteiger partial charge on any atom is 0.161 e. The van der Waals surface area contributed by atoms with Gasteiger partial charge >= 0.3 is 0 Å². The molecule has 14 heavy (non-hydrogen) atoms. The highest BCUT2D eigenvalue weighted by atomic mass is 35.5. The van der Waals surface area contributed by atoms with Gasteiger partial charge in [0.15, 0.2) is 11.5 Å². The van der Waals surface area contributed by atoms with Gasteiger partial charge in [0.25, 0.3) is 0 Å². The number of carbonyl (C=O) groups excluding carboxylic acids is 1. The van der Waals surface area contributed by atoms with Crippen molar-refractivity contribution in [1.82, 2.24) is 0 Å². The van der Waals surface area contributed by atoms with Gasteiger partial charge in [0.05, 0.1) is 16.7 Å². The van der Waals surface area contributed by atoms with E-state index in [1.807, 2.05) is 6.92 Å². The van der Waals surface area contributed by atoms with Crippen molar-refractivity contribution in [2.24, 2.45) is 0 Å². The molecule has 0 atom stereocenters. The molecule has 4 heteroatoms. The number of ether oxygens (including phenoxy) is 1. The van der Waals surface area contributed by atoms with Crippen molar-refractivity contribution in [2.45, 2.75) is 13.8 Å². The molecular weight excluding hydrogens is 223 g/mol. The molecule has 1 rings (SSSR count). The highest BCUT2D eigenvalue weighted by Crippen LogP contribution is 2.35. The van der Waals surface area contributed by atoms with Gasteiger partial charge in [-0.2, -0.15) is 0 Å². The molecule has 0 N–H and O–H groups in total. The normalized spacial score (nSPS) is 10.0. The van der Waals surface area contributed by atoms with Crippen LogP contribution in [0.1, 0.15) is 24.2 Å². The average Bonchev–Trinajstić information content (AvgIpc) is 2.11. The Balaban J connectivity index is 3.26.